The third kappa shape index (κ3) is 14.1. The lowest BCUT2D eigenvalue weighted by atomic mass is 9.99. The van der Waals surface area contributed by atoms with Crippen LogP contribution in [-0.2, 0) is 9.47 Å². The van der Waals surface area contributed by atoms with E-state index >= 15 is 0 Å². The molecule has 0 saturated carbocycles. The molecule has 0 bridgehead atoms. The summed E-state index contributed by atoms with van der Waals surface area (Å²) in [6.45, 7) is 7.92. The lowest BCUT2D eigenvalue weighted by molar-refractivity contribution is 0.104. The molecule has 0 fully saturated rings. The largest absolute Gasteiger partial charge is 0.514 e. The molecule has 13 nitrogen and oxygen atoms in total. The first kappa shape index (κ1) is 46.7. The van der Waals surface area contributed by atoms with E-state index < -0.39 is 12.2 Å². The van der Waals surface area contributed by atoms with E-state index in [9.17, 15) is 14.9 Å². The zero-order valence-electron chi connectivity index (χ0n) is 34.5. The number of amides is 1. The van der Waals surface area contributed by atoms with Crippen molar-refractivity contribution in [2.45, 2.75) is 0 Å². The number of thioether (sulfide) groups is 2. The molecule has 0 atom stereocenters. The van der Waals surface area contributed by atoms with Crippen LogP contribution in [0.25, 0.3) is 28.6 Å². The van der Waals surface area contributed by atoms with Crippen LogP contribution in [-0.4, -0.2) is 77.9 Å². The van der Waals surface area contributed by atoms with Crippen molar-refractivity contribution in [1.82, 2.24) is 0 Å². The van der Waals surface area contributed by atoms with Crippen LogP contribution < -0.4 is 33.7 Å². The molecule has 1 heterocycles. The highest BCUT2D eigenvalue weighted by molar-refractivity contribution is 7.98. The molecular weight excluding hydrogens is 819 g/mol. The van der Waals surface area contributed by atoms with Crippen molar-refractivity contribution in [3.05, 3.63) is 136 Å². The van der Waals surface area contributed by atoms with Crippen molar-refractivity contribution in [2.75, 3.05) is 71.0 Å². The predicted octanol–water partition coefficient (Wildman–Crippen LogP) is 10.5. The number of carbonyl (C=O) groups is 2. The molecule has 4 aromatic rings. The zero-order valence-corrected chi connectivity index (χ0v) is 36.1. The van der Waals surface area contributed by atoms with E-state index in [4.69, 9.17) is 44.5 Å². The summed E-state index contributed by atoms with van der Waals surface area (Å²) in [6.07, 6.45) is 11.7. The van der Waals surface area contributed by atoms with Gasteiger partial charge in [0.2, 0.25) is 5.75 Å². The second kappa shape index (κ2) is 24.9. The summed E-state index contributed by atoms with van der Waals surface area (Å²) in [5.74, 6) is 4.91. The first-order chi connectivity index (χ1) is 29.7. The van der Waals surface area contributed by atoms with Gasteiger partial charge in [-0.2, -0.15) is 23.5 Å². The van der Waals surface area contributed by atoms with E-state index in [2.05, 4.69) is 10.2 Å². The Morgan fingerprint density at radius 1 is 0.754 bits per heavy atom. The number of nitrogens with one attached hydrogen (secondary N) is 1. The molecule has 0 aliphatic carbocycles. The molecule has 316 valence electrons. The fourth-order valence-corrected chi connectivity index (χ4v) is 5.90. The number of ether oxygens (including phenoxy) is 8. The van der Waals surface area contributed by atoms with E-state index in [1.54, 1.807) is 87.3 Å². The molecule has 1 aliphatic heterocycles. The molecule has 61 heavy (non-hydrogen) atoms. The van der Waals surface area contributed by atoms with Crippen LogP contribution in [0, 0.1) is 17.9 Å². The van der Waals surface area contributed by atoms with Gasteiger partial charge in [-0.3, -0.25) is 5.32 Å². The van der Waals surface area contributed by atoms with Crippen molar-refractivity contribution in [3.63, 3.8) is 0 Å². The van der Waals surface area contributed by atoms with Crippen LogP contribution >= 0.6 is 23.5 Å². The second-order valence-corrected chi connectivity index (χ2v) is 14.2. The number of nitrogens with zero attached hydrogens (tertiary/aromatic N) is 2. The normalized spacial score (nSPS) is 12.2. The summed E-state index contributed by atoms with van der Waals surface area (Å²) < 4.78 is 42.6. The second-order valence-electron chi connectivity index (χ2n) is 12.2. The van der Waals surface area contributed by atoms with Gasteiger partial charge in [-0.1, -0.05) is 54.6 Å². The Morgan fingerprint density at radius 2 is 1.36 bits per heavy atom. The smallest absolute Gasteiger partial charge is 0.493 e. The number of hydrogen-bond donors (Lipinski definition) is 1. The lowest BCUT2D eigenvalue weighted by Gasteiger charge is -2.18. The molecule has 0 aromatic heterocycles. The first-order valence-corrected chi connectivity index (χ1v) is 21.2. The number of benzene rings is 4. The van der Waals surface area contributed by atoms with Gasteiger partial charge < -0.3 is 37.9 Å². The molecule has 4 aromatic carbocycles. The summed E-state index contributed by atoms with van der Waals surface area (Å²) in [6, 6.07) is 25.4. The van der Waals surface area contributed by atoms with Crippen molar-refractivity contribution in [1.29, 1.82) is 5.26 Å². The number of allylic oxidation sites excluding steroid dienone is 4. The maximum atomic E-state index is 11.9. The standard InChI is InChI=1S/C24H19N3O3S.C22H26O7S/c1-26-22(16-25)21-15-19(30-23-6-4-3-5-20(21)23)12-9-17-7-10-18(11-8-17)27-24(28)29-13-14-31-2;1-24-17-9-8-15(12-18(17)29-22(23)28-10-11-30-5)6-7-16-13-19(25-2)21(27-4)20(14-16)26-3/h3-12,15H,13-14H2,2H3,(H,27,28);6-9,12-14H,10-11H2,1-5H3/b12-9+,22-21-;7-6-. The van der Waals surface area contributed by atoms with Crippen LogP contribution in [0.4, 0.5) is 15.3 Å². The molecule has 1 N–H and O–H groups in total. The summed E-state index contributed by atoms with van der Waals surface area (Å²) in [5.41, 5.74) is 4.44. The number of methoxy groups -OCH3 is 4. The number of rotatable bonds is 16. The van der Waals surface area contributed by atoms with Gasteiger partial charge in [0.25, 0.3) is 5.70 Å². The van der Waals surface area contributed by atoms with E-state index in [1.165, 1.54) is 7.11 Å². The molecule has 0 saturated heterocycles. The quantitative estimate of drug-likeness (QED) is 0.0285. The van der Waals surface area contributed by atoms with Crippen molar-refractivity contribution in [2.24, 2.45) is 0 Å². The van der Waals surface area contributed by atoms with Crippen molar-refractivity contribution >= 4 is 65.3 Å². The monoisotopic (exact) mass is 863 g/mol. The van der Waals surface area contributed by atoms with E-state index in [1.807, 2.05) is 85.3 Å². The van der Waals surface area contributed by atoms with Crippen LogP contribution in [0.15, 0.2) is 102 Å². The summed E-state index contributed by atoms with van der Waals surface area (Å²) in [4.78, 5) is 26.9. The number of para-hydroxylation sites is 1. The van der Waals surface area contributed by atoms with Gasteiger partial charge in [0.1, 0.15) is 24.7 Å². The first-order valence-electron chi connectivity index (χ1n) is 18.4. The molecule has 0 radical (unpaired) electrons. The Morgan fingerprint density at radius 3 is 1.98 bits per heavy atom. The Labute approximate surface area is 364 Å². The molecule has 5 rings (SSSR count). The molecule has 0 unspecified atom stereocenters. The van der Waals surface area contributed by atoms with Crippen LogP contribution in [0.5, 0.6) is 34.5 Å². The average molecular weight is 864 g/mol. The molecule has 0 spiro atoms. The lowest BCUT2D eigenvalue weighted by Crippen LogP contribution is -2.15. The van der Waals surface area contributed by atoms with Gasteiger partial charge in [0.15, 0.2) is 23.0 Å². The highest BCUT2D eigenvalue weighted by Crippen LogP contribution is 2.39. The molecular formula is C46H45N3O10S2. The van der Waals surface area contributed by atoms with Gasteiger partial charge in [0, 0.05) is 28.3 Å². The number of fused-ring (bicyclic) bond motifs is 1. The molecule has 1 aliphatic rings. The summed E-state index contributed by atoms with van der Waals surface area (Å²) in [7, 11) is 6.19. The summed E-state index contributed by atoms with van der Waals surface area (Å²) in [5, 5.41) is 12.0. The topological polar surface area (TPSA) is 148 Å². The molecule has 1 amide bonds. The summed E-state index contributed by atoms with van der Waals surface area (Å²) >= 11 is 3.19. The average Bonchev–Trinajstić information content (AvgIpc) is 3.28. The van der Waals surface area contributed by atoms with Gasteiger partial charge in [0.05, 0.1) is 41.1 Å². The van der Waals surface area contributed by atoms with E-state index in [0.29, 0.717) is 63.7 Å². The maximum Gasteiger partial charge on any atom is 0.514 e. The van der Waals surface area contributed by atoms with Gasteiger partial charge in [-0.15, -0.1) is 0 Å². The third-order valence-corrected chi connectivity index (χ3v) is 9.48. The zero-order chi connectivity index (χ0) is 44.0. The SMILES string of the molecule is COc1ccc(/C=C\c2cc(OC)c(OC)c(OC)c2)cc1OC(=O)OCCSC.[C-]#[N+]/C(C#N)=C1/C=C(/C=C/c2ccc(NC(=O)OCCSC)cc2)Oc2ccccc21. The van der Waals surface area contributed by atoms with Gasteiger partial charge in [-0.05, 0) is 83.8 Å². The Kier molecular flexibility index (Phi) is 19.0. The number of carbonyl (C=O) groups excluding carboxylic acids is 2. The van der Waals surface area contributed by atoms with E-state index in [-0.39, 0.29) is 18.1 Å². The highest BCUT2D eigenvalue weighted by atomic mass is 32.2. The Hall–Kier alpha value is -6.94. The maximum absolute atomic E-state index is 11.9. The number of hydrogen-bond acceptors (Lipinski definition) is 13. The fourth-order valence-electron chi connectivity index (χ4n) is 5.40. The predicted molar refractivity (Wildman–Crippen MR) is 241 cm³/mol. The Bertz CT molecular complexity index is 2300. The van der Waals surface area contributed by atoms with Crippen molar-refractivity contribution in [3.8, 4) is 40.6 Å². The number of nitriles is 1. The minimum absolute atomic E-state index is 0.0153. The minimum Gasteiger partial charge on any atom is -0.493 e. The van der Waals surface area contributed by atoms with Gasteiger partial charge in [-0.25, -0.2) is 19.7 Å². The molecule has 15 heteroatoms. The third-order valence-electron chi connectivity index (χ3n) is 8.33. The minimum atomic E-state index is -0.770. The van der Waals surface area contributed by atoms with Crippen molar-refractivity contribution < 1.29 is 47.5 Å². The van der Waals surface area contributed by atoms with Crippen LogP contribution in [0.1, 0.15) is 22.3 Å². The number of anilines is 1. The van der Waals surface area contributed by atoms with Crippen LogP contribution in [0.3, 0.4) is 0 Å². The fraction of sp³-hybridized carbons (Fsp3) is 0.217. The highest BCUT2D eigenvalue weighted by Gasteiger charge is 2.19. The van der Waals surface area contributed by atoms with Crippen LogP contribution in [0.2, 0.25) is 0 Å². The Balaban J connectivity index is 0.000000269. The van der Waals surface area contributed by atoms with Gasteiger partial charge >= 0.3 is 12.2 Å². The van der Waals surface area contributed by atoms with E-state index in [0.717, 1.165) is 22.4 Å².